The number of carbonyl (C=O) groups excluding carboxylic acids is 2. The zero-order chi connectivity index (χ0) is 18.1. The Morgan fingerprint density at radius 1 is 1.20 bits per heavy atom. The van der Waals surface area contributed by atoms with E-state index in [0.717, 1.165) is 29.1 Å². The van der Waals surface area contributed by atoms with Gasteiger partial charge in [-0.1, -0.05) is 19.9 Å². The molecule has 1 aromatic carbocycles. The predicted octanol–water partition coefficient (Wildman–Crippen LogP) is 4.48. The Balaban J connectivity index is 1.77. The number of nitrogens with one attached hydrogen (secondary N) is 2. The van der Waals surface area contributed by atoms with Crippen LogP contribution in [0.25, 0.3) is 0 Å². The number of aromatic nitrogens is 1. The molecule has 3 rings (SSSR count). The summed E-state index contributed by atoms with van der Waals surface area (Å²) in [7, 11) is 0. The Kier molecular flexibility index (Phi) is 4.90. The first-order chi connectivity index (χ1) is 11.8. The average molecular weight is 357 g/mol. The van der Waals surface area contributed by atoms with Gasteiger partial charge in [0.2, 0.25) is 5.91 Å². The van der Waals surface area contributed by atoms with Crippen LogP contribution in [0, 0.1) is 19.8 Å². The molecule has 0 aliphatic heterocycles. The first kappa shape index (κ1) is 17.6. The molecule has 1 aromatic heterocycles. The third-order valence-electron chi connectivity index (χ3n) is 4.21. The second-order valence-corrected chi connectivity index (χ2v) is 7.90. The van der Waals surface area contributed by atoms with Crippen LogP contribution in [0.5, 0.6) is 0 Å². The van der Waals surface area contributed by atoms with Crippen LogP contribution in [-0.2, 0) is 4.79 Å². The van der Waals surface area contributed by atoms with Crippen LogP contribution in [0.3, 0.4) is 0 Å². The van der Waals surface area contributed by atoms with Crippen molar-refractivity contribution in [3.63, 3.8) is 0 Å². The summed E-state index contributed by atoms with van der Waals surface area (Å²) in [4.78, 5) is 29.7. The lowest BCUT2D eigenvalue weighted by atomic mass is 10.1. The lowest BCUT2D eigenvalue weighted by molar-refractivity contribution is -0.117. The highest BCUT2D eigenvalue weighted by molar-refractivity contribution is 7.14. The Bertz CT molecular complexity index is 822. The van der Waals surface area contributed by atoms with E-state index in [-0.39, 0.29) is 17.7 Å². The predicted molar refractivity (Wildman–Crippen MR) is 101 cm³/mol. The molecule has 0 unspecified atom stereocenters. The van der Waals surface area contributed by atoms with E-state index >= 15 is 0 Å². The zero-order valence-electron chi connectivity index (χ0n) is 15.0. The maximum atomic E-state index is 12.6. The monoisotopic (exact) mass is 357 g/mol. The van der Waals surface area contributed by atoms with Gasteiger partial charge in [0.05, 0.1) is 10.7 Å². The third kappa shape index (κ3) is 4.07. The van der Waals surface area contributed by atoms with Gasteiger partial charge in [-0.05, 0) is 44.4 Å². The molecule has 0 atom stereocenters. The normalized spacial score (nSPS) is 13.8. The second kappa shape index (κ2) is 6.96. The minimum atomic E-state index is -0.157. The summed E-state index contributed by atoms with van der Waals surface area (Å²) >= 11 is 1.43. The smallest absolute Gasteiger partial charge is 0.267 e. The molecule has 0 radical (unpaired) electrons. The number of hydrogen-bond acceptors (Lipinski definition) is 4. The fourth-order valence-corrected chi connectivity index (χ4v) is 3.44. The first-order valence-corrected chi connectivity index (χ1v) is 9.37. The van der Waals surface area contributed by atoms with Gasteiger partial charge in [-0.2, -0.15) is 0 Å². The summed E-state index contributed by atoms with van der Waals surface area (Å²) in [5.74, 6) is 0.346. The Morgan fingerprint density at radius 3 is 2.52 bits per heavy atom. The van der Waals surface area contributed by atoms with Gasteiger partial charge in [-0.25, -0.2) is 4.98 Å². The third-order valence-corrected chi connectivity index (χ3v) is 5.67. The van der Waals surface area contributed by atoms with Gasteiger partial charge in [0.15, 0.2) is 0 Å². The molecule has 0 bridgehead atoms. The summed E-state index contributed by atoms with van der Waals surface area (Å²) in [6.45, 7) is 7.92. The second-order valence-electron chi connectivity index (χ2n) is 6.87. The Hall–Kier alpha value is -2.21. The summed E-state index contributed by atoms with van der Waals surface area (Å²) in [6.07, 6.45) is 1.92. The van der Waals surface area contributed by atoms with Crippen molar-refractivity contribution in [3.8, 4) is 0 Å². The maximum absolute atomic E-state index is 12.6. The number of carbonyl (C=O) groups is 2. The fraction of sp³-hybridized carbons (Fsp3) is 0.421. The van der Waals surface area contributed by atoms with Crippen molar-refractivity contribution < 1.29 is 9.59 Å². The minimum Gasteiger partial charge on any atom is -0.326 e. The molecule has 2 amide bonds. The van der Waals surface area contributed by atoms with Crippen molar-refractivity contribution in [1.82, 2.24) is 4.98 Å². The minimum absolute atomic E-state index is 0.0565. The summed E-state index contributed by atoms with van der Waals surface area (Å²) in [5.41, 5.74) is 3.12. The number of amides is 2. The molecule has 0 saturated heterocycles. The summed E-state index contributed by atoms with van der Waals surface area (Å²) < 4.78 is 0. The molecule has 2 N–H and O–H groups in total. The van der Waals surface area contributed by atoms with Crippen LogP contribution in [-0.4, -0.2) is 16.8 Å². The van der Waals surface area contributed by atoms with E-state index in [4.69, 9.17) is 0 Å². The average Bonchev–Trinajstić information content (AvgIpc) is 3.32. The number of benzene rings is 1. The molecule has 2 aromatic rings. The standard InChI is InChI=1S/C19H23N3O2S/c1-10(2)19-20-12(4)16(25-19)18(24)22-15-9-14(8-5-11(15)3)21-17(23)13-6-7-13/h5,8-10,13H,6-7H2,1-4H3,(H,21,23)(H,22,24). The van der Waals surface area contributed by atoms with Crippen LogP contribution >= 0.6 is 11.3 Å². The van der Waals surface area contributed by atoms with E-state index in [1.54, 1.807) is 0 Å². The van der Waals surface area contributed by atoms with Crippen LogP contribution < -0.4 is 10.6 Å². The highest BCUT2D eigenvalue weighted by Crippen LogP contribution is 2.31. The van der Waals surface area contributed by atoms with Gasteiger partial charge in [-0.3, -0.25) is 9.59 Å². The largest absolute Gasteiger partial charge is 0.326 e. The SMILES string of the molecule is Cc1ccc(NC(=O)C2CC2)cc1NC(=O)c1sc(C(C)C)nc1C. The molecule has 0 spiro atoms. The number of nitrogens with zero attached hydrogens (tertiary/aromatic N) is 1. The molecule has 6 heteroatoms. The molecule has 1 heterocycles. The molecule has 132 valence electrons. The molecule has 1 saturated carbocycles. The number of anilines is 2. The number of aryl methyl sites for hydroxylation is 2. The molecule has 5 nitrogen and oxygen atoms in total. The first-order valence-electron chi connectivity index (χ1n) is 8.55. The summed E-state index contributed by atoms with van der Waals surface area (Å²) in [6, 6.07) is 5.57. The highest BCUT2D eigenvalue weighted by atomic mass is 32.1. The molecule has 1 fully saturated rings. The van der Waals surface area contributed by atoms with Crippen molar-refractivity contribution in [2.75, 3.05) is 10.6 Å². The number of thiazole rings is 1. The van der Waals surface area contributed by atoms with Crippen molar-refractivity contribution in [2.45, 2.75) is 46.5 Å². The van der Waals surface area contributed by atoms with E-state index in [0.29, 0.717) is 22.2 Å². The van der Waals surface area contributed by atoms with E-state index in [2.05, 4.69) is 29.5 Å². The molecular formula is C19H23N3O2S. The molecule has 1 aliphatic carbocycles. The molecule has 25 heavy (non-hydrogen) atoms. The number of hydrogen-bond donors (Lipinski definition) is 2. The Morgan fingerprint density at radius 2 is 1.92 bits per heavy atom. The topological polar surface area (TPSA) is 71.1 Å². The van der Waals surface area contributed by atoms with E-state index in [1.165, 1.54) is 11.3 Å². The lowest BCUT2D eigenvalue weighted by Crippen LogP contribution is -2.15. The Labute approximate surface area is 151 Å². The lowest BCUT2D eigenvalue weighted by Gasteiger charge is -2.11. The summed E-state index contributed by atoms with van der Waals surface area (Å²) in [5, 5.41) is 6.84. The van der Waals surface area contributed by atoms with Crippen LogP contribution in [0.1, 0.15) is 58.5 Å². The van der Waals surface area contributed by atoms with E-state index in [1.807, 2.05) is 32.0 Å². The van der Waals surface area contributed by atoms with E-state index in [9.17, 15) is 9.59 Å². The van der Waals surface area contributed by atoms with Gasteiger partial charge in [0.25, 0.3) is 5.91 Å². The van der Waals surface area contributed by atoms with Gasteiger partial charge >= 0.3 is 0 Å². The number of rotatable bonds is 5. The van der Waals surface area contributed by atoms with E-state index < -0.39 is 0 Å². The van der Waals surface area contributed by atoms with Crippen molar-refractivity contribution in [2.24, 2.45) is 5.92 Å². The molecular weight excluding hydrogens is 334 g/mol. The van der Waals surface area contributed by atoms with Gasteiger partial charge in [-0.15, -0.1) is 11.3 Å². The van der Waals surface area contributed by atoms with Crippen molar-refractivity contribution >= 4 is 34.5 Å². The van der Waals surface area contributed by atoms with Crippen LogP contribution in [0.15, 0.2) is 18.2 Å². The maximum Gasteiger partial charge on any atom is 0.267 e. The van der Waals surface area contributed by atoms with Crippen molar-refractivity contribution in [1.29, 1.82) is 0 Å². The van der Waals surface area contributed by atoms with Gasteiger partial charge < -0.3 is 10.6 Å². The fourth-order valence-electron chi connectivity index (χ4n) is 2.48. The quantitative estimate of drug-likeness (QED) is 0.828. The molecule has 1 aliphatic rings. The van der Waals surface area contributed by atoms with Crippen molar-refractivity contribution in [3.05, 3.63) is 39.3 Å². The highest BCUT2D eigenvalue weighted by Gasteiger charge is 2.29. The van der Waals surface area contributed by atoms with Gasteiger partial charge in [0.1, 0.15) is 4.88 Å². The zero-order valence-corrected chi connectivity index (χ0v) is 15.8. The van der Waals surface area contributed by atoms with Crippen LogP contribution in [0.4, 0.5) is 11.4 Å². The van der Waals surface area contributed by atoms with Gasteiger partial charge in [0, 0.05) is 23.2 Å². The van der Waals surface area contributed by atoms with Crippen LogP contribution in [0.2, 0.25) is 0 Å².